The van der Waals surface area contributed by atoms with Crippen LogP contribution in [0.2, 0.25) is 0 Å². The van der Waals surface area contributed by atoms with Gasteiger partial charge in [0.1, 0.15) is 5.75 Å². The summed E-state index contributed by atoms with van der Waals surface area (Å²) >= 11 is 0. The second-order valence-electron chi connectivity index (χ2n) is 4.72. The highest BCUT2D eigenvalue weighted by atomic mass is 16.6. The molecule has 2 rings (SSSR count). The molecule has 0 fully saturated rings. The van der Waals surface area contributed by atoms with E-state index in [0.29, 0.717) is 5.56 Å². The van der Waals surface area contributed by atoms with Gasteiger partial charge in [-0.3, -0.25) is 14.9 Å². The Morgan fingerprint density at radius 3 is 2.46 bits per heavy atom. The number of non-ortho nitro benzene ring substituents is 1. The summed E-state index contributed by atoms with van der Waals surface area (Å²) in [6.45, 7) is 0.0595. The first-order valence-electron chi connectivity index (χ1n) is 7.03. The Hall–Kier alpha value is -3.42. The van der Waals surface area contributed by atoms with Gasteiger partial charge >= 0.3 is 0 Å². The molecule has 2 aromatic rings. The van der Waals surface area contributed by atoms with Crippen LogP contribution in [0.5, 0.6) is 5.75 Å². The van der Waals surface area contributed by atoms with Gasteiger partial charge in [0, 0.05) is 17.8 Å². The number of amides is 1. The number of hydrazone groups is 1. The van der Waals surface area contributed by atoms with Gasteiger partial charge in [-0.2, -0.15) is 5.10 Å². The van der Waals surface area contributed by atoms with E-state index in [4.69, 9.17) is 4.74 Å². The molecule has 0 aliphatic heterocycles. The van der Waals surface area contributed by atoms with E-state index in [2.05, 4.69) is 15.8 Å². The van der Waals surface area contributed by atoms with Gasteiger partial charge in [-0.25, -0.2) is 5.43 Å². The van der Waals surface area contributed by atoms with Crippen LogP contribution >= 0.6 is 0 Å². The molecule has 0 aromatic heterocycles. The van der Waals surface area contributed by atoms with E-state index in [1.165, 1.54) is 18.3 Å². The van der Waals surface area contributed by atoms with Crippen molar-refractivity contribution in [3.63, 3.8) is 0 Å². The quantitative estimate of drug-likeness (QED) is 0.460. The lowest BCUT2D eigenvalue weighted by atomic mass is 10.2. The predicted octanol–water partition coefficient (Wildman–Crippen LogP) is 2.17. The molecule has 24 heavy (non-hydrogen) atoms. The summed E-state index contributed by atoms with van der Waals surface area (Å²) in [5, 5.41) is 17.3. The summed E-state index contributed by atoms with van der Waals surface area (Å²) in [5.41, 5.74) is 3.80. The van der Waals surface area contributed by atoms with Gasteiger partial charge in [0.25, 0.3) is 11.6 Å². The third-order valence-corrected chi connectivity index (χ3v) is 3.05. The van der Waals surface area contributed by atoms with Gasteiger partial charge < -0.3 is 10.1 Å². The van der Waals surface area contributed by atoms with E-state index in [1.54, 1.807) is 43.5 Å². The van der Waals surface area contributed by atoms with Gasteiger partial charge in [-0.05, 0) is 42.0 Å². The summed E-state index contributed by atoms with van der Waals surface area (Å²) in [6, 6.07) is 13.0. The molecule has 0 radical (unpaired) electrons. The van der Waals surface area contributed by atoms with Crippen molar-refractivity contribution in [2.24, 2.45) is 5.10 Å². The lowest BCUT2D eigenvalue weighted by molar-refractivity contribution is -0.384. The minimum Gasteiger partial charge on any atom is -0.497 e. The van der Waals surface area contributed by atoms with Crippen molar-refractivity contribution in [1.82, 2.24) is 5.43 Å². The molecule has 2 aromatic carbocycles. The number of ether oxygens (including phenoxy) is 1. The zero-order valence-corrected chi connectivity index (χ0v) is 12.9. The number of nitro groups is 1. The second-order valence-corrected chi connectivity index (χ2v) is 4.72. The van der Waals surface area contributed by atoms with Crippen molar-refractivity contribution in [3.8, 4) is 5.75 Å². The van der Waals surface area contributed by atoms with Crippen LogP contribution in [0.15, 0.2) is 53.6 Å². The van der Waals surface area contributed by atoms with Gasteiger partial charge in [0.05, 0.1) is 24.8 Å². The number of rotatable bonds is 7. The lowest BCUT2D eigenvalue weighted by Crippen LogP contribution is -2.25. The molecule has 0 aliphatic rings. The fraction of sp³-hybridized carbons (Fsp3) is 0.125. The molecule has 0 spiro atoms. The molecule has 0 heterocycles. The smallest absolute Gasteiger partial charge is 0.269 e. The summed E-state index contributed by atoms with van der Waals surface area (Å²) in [4.78, 5) is 21.7. The van der Waals surface area contributed by atoms with Gasteiger partial charge in [0.2, 0.25) is 0 Å². The number of hydrogen-bond donors (Lipinski definition) is 2. The van der Waals surface area contributed by atoms with Crippen molar-refractivity contribution in [3.05, 3.63) is 64.2 Å². The topological polar surface area (TPSA) is 106 Å². The van der Waals surface area contributed by atoms with E-state index < -0.39 is 4.92 Å². The number of hydrogen-bond acceptors (Lipinski definition) is 6. The average molecular weight is 328 g/mol. The zero-order chi connectivity index (χ0) is 17.4. The Labute approximate surface area is 138 Å². The number of anilines is 1. The van der Waals surface area contributed by atoms with E-state index in [9.17, 15) is 14.9 Å². The molecule has 2 N–H and O–H groups in total. The van der Waals surface area contributed by atoms with Crippen LogP contribution in [0.25, 0.3) is 0 Å². The fourth-order valence-electron chi connectivity index (χ4n) is 1.79. The van der Waals surface area contributed by atoms with Crippen LogP contribution in [0, 0.1) is 10.1 Å². The molecule has 8 nitrogen and oxygen atoms in total. The van der Waals surface area contributed by atoms with Crippen molar-refractivity contribution in [1.29, 1.82) is 0 Å². The third kappa shape index (κ3) is 5.09. The summed E-state index contributed by atoms with van der Waals surface area (Å²) < 4.78 is 5.05. The standard InChI is InChI=1S/C16H16N4O4/c1-24-15-8-4-13(5-9-15)17-11-16(21)19-18-10-12-2-6-14(7-3-12)20(22)23/h2-10,17H,11H2,1H3,(H,19,21)/b18-10-. The second kappa shape index (κ2) is 8.28. The number of methoxy groups -OCH3 is 1. The lowest BCUT2D eigenvalue weighted by Gasteiger charge is -2.06. The van der Waals surface area contributed by atoms with E-state index in [0.717, 1.165) is 11.4 Å². The summed E-state index contributed by atoms with van der Waals surface area (Å²) in [6.07, 6.45) is 1.41. The Balaban J connectivity index is 1.78. The molecule has 0 bridgehead atoms. The van der Waals surface area contributed by atoms with E-state index in [-0.39, 0.29) is 18.1 Å². The maximum absolute atomic E-state index is 11.7. The monoisotopic (exact) mass is 328 g/mol. The maximum Gasteiger partial charge on any atom is 0.269 e. The first-order chi connectivity index (χ1) is 11.6. The Kier molecular flexibility index (Phi) is 5.84. The third-order valence-electron chi connectivity index (χ3n) is 3.05. The van der Waals surface area contributed by atoms with Crippen LogP contribution in [0.4, 0.5) is 11.4 Å². The fourth-order valence-corrected chi connectivity index (χ4v) is 1.79. The van der Waals surface area contributed by atoms with Crippen molar-refractivity contribution in [2.45, 2.75) is 0 Å². The molecule has 1 amide bonds. The van der Waals surface area contributed by atoms with Gasteiger partial charge in [0.15, 0.2) is 0 Å². The highest BCUT2D eigenvalue weighted by molar-refractivity contribution is 5.84. The predicted molar refractivity (Wildman–Crippen MR) is 90.3 cm³/mol. The van der Waals surface area contributed by atoms with Crippen LogP contribution in [-0.2, 0) is 4.79 Å². The first-order valence-corrected chi connectivity index (χ1v) is 7.03. The van der Waals surface area contributed by atoms with Crippen LogP contribution in [0.3, 0.4) is 0 Å². The number of nitrogens with one attached hydrogen (secondary N) is 2. The molecule has 0 unspecified atom stereocenters. The SMILES string of the molecule is COc1ccc(NCC(=O)N/N=C\c2ccc([N+](=O)[O-])cc2)cc1. The highest BCUT2D eigenvalue weighted by Crippen LogP contribution is 2.14. The summed E-state index contributed by atoms with van der Waals surface area (Å²) in [5.74, 6) is 0.418. The average Bonchev–Trinajstić information content (AvgIpc) is 2.61. The number of carbonyl (C=O) groups is 1. The molecule has 8 heteroatoms. The summed E-state index contributed by atoms with van der Waals surface area (Å²) in [7, 11) is 1.58. The first kappa shape index (κ1) is 16.9. The largest absolute Gasteiger partial charge is 0.497 e. The molecule has 0 aliphatic carbocycles. The Bertz CT molecular complexity index is 727. The Morgan fingerprint density at radius 1 is 1.21 bits per heavy atom. The highest BCUT2D eigenvalue weighted by Gasteiger charge is 2.03. The zero-order valence-electron chi connectivity index (χ0n) is 12.9. The molecule has 124 valence electrons. The molecular weight excluding hydrogens is 312 g/mol. The van der Waals surface area contributed by atoms with E-state index in [1.807, 2.05) is 0 Å². The molecular formula is C16H16N4O4. The van der Waals surface area contributed by atoms with Gasteiger partial charge in [-0.1, -0.05) is 0 Å². The van der Waals surface area contributed by atoms with E-state index >= 15 is 0 Å². The number of nitrogens with zero attached hydrogens (tertiary/aromatic N) is 2. The minimum atomic E-state index is -0.479. The number of nitro benzene ring substituents is 1. The molecule has 0 saturated carbocycles. The minimum absolute atomic E-state index is 0.000114. The number of benzene rings is 2. The van der Waals surface area contributed by atoms with Crippen LogP contribution in [0.1, 0.15) is 5.56 Å². The van der Waals surface area contributed by atoms with Crippen molar-refractivity contribution in [2.75, 3.05) is 19.0 Å². The molecule has 0 atom stereocenters. The number of carbonyl (C=O) groups excluding carboxylic acids is 1. The normalized spacial score (nSPS) is 10.4. The van der Waals surface area contributed by atoms with Crippen molar-refractivity contribution < 1.29 is 14.5 Å². The maximum atomic E-state index is 11.7. The van der Waals surface area contributed by atoms with Gasteiger partial charge in [-0.15, -0.1) is 0 Å². The molecule has 0 saturated heterocycles. The van der Waals surface area contributed by atoms with Crippen molar-refractivity contribution >= 4 is 23.5 Å². The Morgan fingerprint density at radius 2 is 1.88 bits per heavy atom. The van der Waals surface area contributed by atoms with Crippen LogP contribution < -0.4 is 15.5 Å². The van der Waals surface area contributed by atoms with Crippen LogP contribution in [-0.4, -0.2) is 30.7 Å².